The van der Waals surface area contributed by atoms with Gasteiger partial charge in [0, 0.05) is 18.7 Å². The lowest BCUT2D eigenvalue weighted by atomic mass is 10.1. The van der Waals surface area contributed by atoms with Crippen molar-refractivity contribution in [2.45, 2.75) is 6.42 Å². The van der Waals surface area contributed by atoms with Crippen LogP contribution in [0.15, 0.2) is 24.3 Å². The Morgan fingerprint density at radius 2 is 2.07 bits per heavy atom. The lowest BCUT2D eigenvalue weighted by Crippen LogP contribution is -2.28. The fraction of sp³-hybridized carbons (Fsp3) is 0.364. The normalized spacial score (nSPS) is 10.0. The largest absolute Gasteiger partial charge is 0.383 e. The van der Waals surface area contributed by atoms with Crippen LogP contribution in [0.25, 0.3) is 0 Å². The van der Waals surface area contributed by atoms with Crippen LogP contribution in [-0.2, 0) is 16.0 Å². The van der Waals surface area contributed by atoms with E-state index >= 15 is 0 Å². The summed E-state index contributed by atoms with van der Waals surface area (Å²) in [6, 6.07) is 7.25. The number of methoxy groups -OCH3 is 1. The second-order valence-corrected chi connectivity index (χ2v) is 3.58. The molecule has 0 heterocycles. The molecule has 3 nitrogen and oxygen atoms in total. The van der Waals surface area contributed by atoms with E-state index in [0.717, 1.165) is 5.56 Å². The van der Waals surface area contributed by atoms with Gasteiger partial charge in [0.05, 0.1) is 13.0 Å². The van der Waals surface area contributed by atoms with Crippen LogP contribution < -0.4 is 5.32 Å². The fourth-order valence-corrected chi connectivity index (χ4v) is 1.27. The van der Waals surface area contributed by atoms with Crippen molar-refractivity contribution in [2.75, 3.05) is 20.3 Å². The molecular weight excluding hydrogens is 214 g/mol. The molecule has 1 N–H and O–H groups in total. The lowest BCUT2D eigenvalue weighted by Gasteiger charge is -2.04. The summed E-state index contributed by atoms with van der Waals surface area (Å²) in [6.45, 7) is 1.08. The highest BCUT2D eigenvalue weighted by atomic mass is 35.5. The van der Waals surface area contributed by atoms with E-state index in [-0.39, 0.29) is 5.91 Å². The molecule has 0 atom stereocenters. The Balaban J connectivity index is 2.34. The molecule has 82 valence electrons. The molecule has 0 aliphatic rings. The minimum atomic E-state index is -0.00521. The van der Waals surface area contributed by atoms with Crippen LogP contribution in [0.5, 0.6) is 0 Å². The van der Waals surface area contributed by atoms with Crippen LogP contribution in [0, 0.1) is 0 Å². The van der Waals surface area contributed by atoms with Gasteiger partial charge in [-0.2, -0.15) is 0 Å². The van der Waals surface area contributed by atoms with Gasteiger partial charge < -0.3 is 10.1 Å². The number of carbonyl (C=O) groups is 1. The van der Waals surface area contributed by atoms with Gasteiger partial charge in [-0.3, -0.25) is 4.79 Å². The van der Waals surface area contributed by atoms with Crippen LogP contribution in [0.2, 0.25) is 5.02 Å². The van der Waals surface area contributed by atoms with Crippen molar-refractivity contribution in [2.24, 2.45) is 0 Å². The zero-order valence-corrected chi connectivity index (χ0v) is 9.38. The maximum absolute atomic E-state index is 11.4. The summed E-state index contributed by atoms with van der Waals surface area (Å²) in [5.74, 6) is -0.00521. The van der Waals surface area contributed by atoms with Crippen LogP contribution >= 0.6 is 11.6 Å². The third-order valence-corrected chi connectivity index (χ3v) is 2.16. The highest BCUT2D eigenvalue weighted by Crippen LogP contribution is 2.09. The quantitative estimate of drug-likeness (QED) is 0.777. The summed E-state index contributed by atoms with van der Waals surface area (Å²) in [6.07, 6.45) is 0.376. The molecule has 0 saturated carbocycles. The van der Waals surface area contributed by atoms with Gasteiger partial charge >= 0.3 is 0 Å². The van der Waals surface area contributed by atoms with Gasteiger partial charge in [0.25, 0.3) is 0 Å². The maximum atomic E-state index is 11.4. The minimum Gasteiger partial charge on any atom is -0.383 e. The zero-order chi connectivity index (χ0) is 11.1. The monoisotopic (exact) mass is 227 g/mol. The Bertz CT molecular complexity index is 311. The summed E-state index contributed by atoms with van der Waals surface area (Å²) in [4.78, 5) is 11.4. The van der Waals surface area contributed by atoms with Crippen molar-refractivity contribution in [1.82, 2.24) is 5.32 Å². The predicted molar refractivity (Wildman–Crippen MR) is 60.0 cm³/mol. The van der Waals surface area contributed by atoms with E-state index in [1.54, 1.807) is 19.2 Å². The van der Waals surface area contributed by atoms with Gasteiger partial charge in [0.15, 0.2) is 0 Å². The molecule has 4 heteroatoms. The average molecular weight is 228 g/mol. The predicted octanol–water partition coefficient (Wildman–Crippen LogP) is 1.65. The third-order valence-electron chi connectivity index (χ3n) is 1.91. The molecule has 0 aliphatic heterocycles. The average Bonchev–Trinajstić information content (AvgIpc) is 2.22. The molecule has 1 amide bonds. The highest BCUT2D eigenvalue weighted by molar-refractivity contribution is 6.30. The first-order valence-corrected chi connectivity index (χ1v) is 5.10. The molecule has 0 aliphatic carbocycles. The summed E-state index contributed by atoms with van der Waals surface area (Å²) in [7, 11) is 1.60. The lowest BCUT2D eigenvalue weighted by molar-refractivity contribution is -0.120. The molecule has 0 saturated heterocycles. The molecule has 1 aromatic carbocycles. The van der Waals surface area contributed by atoms with Crippen LogP contribution in [0.3, 0.4) is 0 Å². The Morgan fingerprint density at radius 1 is 1.40 bits per heavy atom. The van der Waals surface area contributed by atoms with Gasteiger partial charge in [-0.1, -0.05) is 23.7 Å². The van der Waals surface area contributed by atoms with Crippen molar-refractivity contribution in [3.05, 3.63) is 34.9 Å². The smallest absolute Gasteiger partial charge is 0.224 e. The van der Waals surface area contributed by atoms with Crippen LogP contribution in [0.4, 0.5) is 0 Å². The summed E-state index contributed by atoms with van der Waals surface area (Å²) < 4.78 is 4.83. The van der Waals surface area contributed by atoms with Gasteiger partial charge in [0.2, 0.25) is 5.91 Å². The number of carbonyl (C=O) groups excluding carboxylic acids is 1. The Labute approximate surface area is 94.4 Å². The van der Waals surface area contributed by atoms with Crippen LogP contribution in [-0.4, -0.2) is 26.2 Å². The molecule has 0 aromatic heterocycles. The number of ether oxygens (including phenoxy) is 1. The first-order chi connectivity index (χ1) is 7.22. The van der Waals surface area contributed by atoms with Crippen molar-refractivity contribution in [3.63, 3.8) is 0 Å². The molecule has 0 bridgehead atoms. The van der Waals surface area contributed by atoms with Gasteiger partial charge in [-0.25, -0.2) is 0 Å². The number of amides is 1. The van der Waals surface area contributed by atoms with E-state index < -0.39 is 0 Å². The summed E-state index contributed by atoms with van der Waals surface area (Å²) in [5.41, 5.74) is 0.953. The number of nitrogens with one attached hydrogen (secondary N) is 1. The summed E-state index contributed by atoms with van der Waals surface area (Å²) in [5, 5.41) is 3.43. The first kappa shape index (κ1) is 12.0. The Morgan fingerprint density at radius 3 is 2.67 bits per heavy atom. The number of halogens is 1. The van der Waals surface area contributed by atoms with E-state index in [1.165, 1.54) is 0 Å². The SMILES string of the molecule is COCCNC(=O)Cc1ccc(Cl)cc1. The van der Waals surface area contributed by atoms with Crippen LogP contribution in [0.1, 0.15) is 5.56 Å². The molecule has 15 heavy (non-hydrogen) atoms. The van der Waals surface area contributed by atoms with E-state index in [0.29, 0.717) is 24.6 Å². The second-order valence-electron chi connectivity index (χ2n) is 3.15. The van der Waals surface area contributed by atoms with Crippen molar-refractivity contribution < 1.29 is 9.53 Å². The standard InChI is InChI=1S/C11H14ClNO2/c1-15-7-6-13-11(14)8-9-2-4-10(12)5-3-9/h2-5H,6-8H2,1H3,(H,13,14). The van der Waals surface area contributed by atoms with Crippen molar-refractivity contribution in [3.8, 4) is 0 Å². The maximum Gasteiger partial charge on any atom is 0.224 e. The number of rotatable bonds is 5. The van der Waals surface area contributed by atoms with Gasteiger partial charge in [-0.15, -0.1) is 0 Å². The van der Waals surface area contributed by atoms with Crippen molar-refractivity contribution in [1.29, 1.82) is 0 Å². The molecule has 0 spiro atoms. The molecule has 1 rings (SSSR count). The first-order valence-electron chi connectivity index (χ1n) is 4.72. The van der Waals surface area contributed by atoms with E-state index in [1.807, 2.05) is 12.1 Å². The third kappa shape index (κ3) is 4.81. The minimum absolute atomic E-state index is 0.00521. The number of hydrogen-bond acceptors (Lipinski definition) is 2. The molecule has 1 aromatic rings. The molecule has 0 unspecified atom stereocenters. The van der Waals surface area contributed by atoms with E-state index in [4.69, 9.17) is 16.3 Å². The zero-order valence-electron chi connectivity index (χ0n) is 8.63. The molecular formula is C11H14ClNO2. The molecule has 0 fully saturated rings. The second kappa shape index (κ2) is 6.43. The van der Waals surface area contributed by atoms with Crippen molar-refractivity contribution >= 4 is 17.5 Å². The Kier molecular flexibility index (Phi) is 5.15. The topological polar surface area (TPSA) is 38.3 Å². The van der Waals surface area contributed by atoms with Gasteiger partial charge in [-0.05, 0) is 17.7 Å². The molecule has 0 radical (unpaired) electrons. The highest BCUT2D eigenvalue weighted by Gasteiger charge is 2.01. The van der Waals surface area contributed by atoms with E-state index in [2.05, 4.69) is 5.32 Å². The number of benzene rings is 1. The number of hydrogen-bond donors (Lipinski definition) is 1. The summed E-state index contributed by atoms with van der Waals surface area (Å²) >= 11 is 5.73. The fourth-order valence-electron chi connectivity index (χ4n) is 1.14. The van der Waals surface area contributed by atoms with Gasteiger partial charge in [0.1, 0.15) is 0 Å². The Hall–Kier alpha value is -1.06. The van der Waals surface area contributed by atoms with E-state index in [9.17, 15) is 4.79 Å².